The molecular formula is C9H19NS. The highest BCUT2D eigenvalue weighted by Gasteiger charge is 2.26. The molecular weight excluding hydrogens is 154 g/mol. The molecule has 0 aromatic heterocycles. The maximum absolute atomic E-state index is 2.64. The summed E-state index contributed by atoms with van der Waals surface area (Å²) in [5.74, 6) is 2.72. The Balaban J connectivity index is 2.34. The van der Waals surface area contributed by atoms with Gasteiger partial charge in [-0.2, -0.15) is 11.8 Å². The molecule has 1 heterocycles. The van der Waals surface area contributed by atoms with Gasteiger partial charge in [-0.1, -0.05) is 13.8 Å². The first-order chi connectivity index (χ1) is 5.29. The van der Waals surface area contributed by atoms with Crippen LogP contribution in [0.5, 0.6) is 0 Å². The van der Waals surface area contributed by atoms with Gasteiger partial charge in [0.05, 0.1) is 0 Å². The van der Waals surface area contributed by atoms with E-state index in [0.29, 0.717) is 0 Å². The number of nitrogens with zero attached hydrogens (tertiary/aromatic N) is 1. The molecule has 0 bridgehead atoms. The molecule has 0 aromatic rings. The molecule has 0 spiro atoms. The predicted molar refractivity (Wildman–Crippen MR) is 53.2 cm³/mol. The fourth-order valence-corrected chi connectivity index (χ4v) is 2.41. The van der Waals surface area contributed by atoms with Crippen LogP contribution < -0.4 is 0 Å². The van der Waals surface area contributed by atoms with Crippen LogP contribution in [-0.2, 0) is 0 Å². The Labute approximate surface area is 74.5 Å². The van der Waals surface area contributed by atoms with Crippen LogP contribution in [0.25, 0.3) is 0 Å². The summed E-state index contributed by atoms with van der Waals surface area (Å²) in [7, 11) is 0. The molecule has 1 atom stereocenters. The van der Waals surface area contributed by atoms with Crippen molar-refractivity contribution < 1.29 is 0 Å². The number of hydrogen-bond donors (Lipinski definition) is 0. The van der Waals surface area contributed by atoms with Crippen LogP contribution in [0.15, 0.2) is 0 Å². The lowest BCUT2D eigenvalue weighted by atomic mass is 10.1. The fourth-order valence-electron chi connectivity index (χ4n) is 1.58. The quantitative estimate of drug-likeness (QED) is 0.641. The van der Waals surface area contributed by atoms with E-state index in [1.807, 2.05) is 0 Å². The smallest absolute Gasteiger partial charge is 0.0279 e. The minimum Gasteiger partial charge on any atom is -0.296 e. The van der Waals surface area contributed by atoms with Crippen molar-refractivity contribution in [1.29, 1.82) is 0 Å². The first-order valence-electron chi connectivity index (χ1n) is 4.63. The van der Waals surface area contributed by atoms with Crippen molar-refractivity contribution in [2.45, 2.75) is 39.3 Å². The average Bonchev–Trinajstić information content (AvgIpc) is 1.94. The maximum atomic E-state index is 2.64. The molecule has 11 heavy (non-hydrogen) atoms. The van der Waals surface area contributed by atoms with E-state index < -0.39 is 0 Å². The van der Waals surface area contributed by atoms with E-state index in [1.54, 1.807) is 0 Å². The summed E-state index contributed by atoms with van der Waals surface area (Å²) in [6.07, 6.45) is 1.29. The standard InChI is InChI=1S/C9H19NS/c1-4-8(3)10(5-2)9-6-11-7-9/h8-9H,4-7H2,1-3H3. The summed E-state index contributed by atoms with van der Waals surface area (Å²) in [5.41, 5.74) is 0. The van der Waals surface area contributed by atoms with E-state index in [9.17, 15) is 0 Å². The molecule has 1 unspecified atom stereocenters. The highest BCUT2D eigenvalue weighted by atomic mass is 32.2. The molecule has 1 aliphatic heterocycles. The summed E-state index contributed by atoms with van der Waals surface area (Å²) >= 11 is 2.08. The van der Waals surface area contributed by atoms with Crippen molar-refractivity contribution in [1.82, 2.24) is 4.90 Å². The lowest BCUT2D eigenvalue weighted by molar-refractivity contribution is 0.168. The van der Waals surface area contributed by atoms with Crippen molar-refractivity contribution in [3.8, 4) is 0 Å². The Morgan fingerprint density at radius 2 is 2.09 bits per heavy atom. The van der Waals surface area contributed by atoms with E-state index in [2.05, 4.69) is 37.4 Å². The van der Waals surface area contributed by atoms with Gasteiger partial charge in [-0.15, -0.1) is 0 Å². The van der Waals surface area contributed by atoms with E-state index in [-0.39, 0.29) is 0 Å². The minimum absolute atomic E-state index is 0.783. The van der Waals surface area contributed by atoms with Crippen molar-refractivity contribution >= 4 is 11.8 Å². The largest absolute Gasteiger partial charge is 0.296 e. The molecule has 0 amide bonds. The topological polar surface area (TPSA) is 3.24 Å². The average molecular weight is 173 g/mol. The minimum atomic E-state index is 0.783. The predicted octanol–water partition coefficient (Wildman–Crippen LogP) is 2.22. The first kappa shape index (κ1) is 9.40. The van der Waals surface area contributed by atoms with Crippen LogP contribution in [0, 0.1) is 0 Å². The summed E-state index contributed by atoms with van der Waals surface area (Å²) < 4.78 is 0. The lowest BCUT2D eigenvalue weighted by Crippen LogP contribution is -2.48. The molecule has 0 aliphatic carbocycles. The molecule has 0 saturated carbocycles. The Hall–Kier alpha value is 0.310. The van der Waals surface area contributed by atoms with Gasteiger partial charge >= 0.3 is 0 Å². The summed E-state index contributed by atoms with van der Waals surface area (Å²) in [6.45, 7) is 8.11. The van der Waals surface area contributed by atoms with Crippen LogP contribution in [0.2, 0.25) is 0 Å². The SMILES string of the molecule is CCC(C)N(CC)C1CSC1. The Morgan fingerprint density at radius 3 is 2.36 bits per heavy atom. The van der Waals surface area contributed by atoms with Crippen molar-refractivity contribution in [3.05, 3.63) is 0 Å². The summed E-state index contributed by atoms with van der Waals surface area (Å²) in [5, 5.41) is 0. The van der Waals surface area contributed by atoms with Crippen LogP contribution >= 0.6 is 11.8 Å². The van der Waals surface area contributed by atoms with Gasteiger partial charge in [0.25, 0.3) is 0 Å². The molecule has 1 nitrogen and oxygen atoms in total. The molecule has 0 N–H and O–H groups in total. The highest BCUT2D eigenvalue weighted by molar-refractivity contribution is 8.00. The van der Waals surface area contributed by atoms with Gasteiger partial charge in [-0.05, 0) is 19.9 Å². The monoisotopic (exact) mass is 173 g/mol. The van der Waals surface area contributed by atoms with Crippen LogP contribution in [0.1, 0.15) is 27.2 Å². The van der Waals surface area contributed by atoms with Gasteiger partial charge in [0.1, 0.15) is 0 Å². The normalized spacial score (nSPS) is 21.8. The number of thioether (sulfide) groups is 1. The third kappa shape index (κ3) is 2.12. The van der Waals surface area contributed by atoms with Crippen LogP contribution in [-0.4, -0.2) is 35.0 Å². The van der Waals surface area contributed by atoms with E-state index in [0.717, 1.165) is 12.1 Å². The van der Waals surface area contributed by atoms with Gasteiger partial charge in [-0.3, -0.25) is 4.90 Å². The number of rotatable bonds is 4. The molecule has 66 valence electrons. The Bertz CT molecular complexity index is 107. The fraction of sp³-hybridized carbons (Fsp3) is 1.00. The van der Waals surface area contributed by atoms with Crippen molar-refractivity contribution in [2.24, 2.45) is 0 Å². The molecule has 1 rings (SSSR count). The second kappa shape index (κ2) is 4.36. The lowest BCUT2D eigenvalue weighted by Gasteiger charge is -2.40. The number of hydrogen-bond acceptors (Lipinski definition) is 2. The van der Waals surface area contributed by atoms with Crippen molar-refractivity contribution in [3.63, 3.8) is 0 Å². The second-order valence-electron chi connectivity index (χ2n) is 3.28. The molecule has 0 radical (unpaired) electrons. The van der Waals surface area contributed by atoms with E-state index in [1.165, 1.54) is 24.5 Å². The second-order valence-corrected chi connectivity index (χ2v) is 4.35. The molecule has 2 heteroatoms. The van der Waals surface area contributed by atoms with E-state index in [4.69, 9.17) is 0 Å². The van der Waals surface area contributed by atoms with Gasteiger partial charge in [0.15, 0.2) is 0 Å². The van der Waals surface area contributed by atoms with E-state index >= 15 is 0 Å². The van der Waals surface area contributed by atoms with Crippen LogP contribution in [0.4, 0.5) is 0 Å². The maximum Gasteiger partial charge on any atom is 0.0279 e. The first-order valence-corrected chi connectivity index (χ1v) is 5.78. The highest BCUT2D eigenvalue weighted by Crippen LogP contribution is 2.25. The van der Waals surface area contributed by atoms with Crippen LogP contribution in [0.3, 0.4) is 0 Å². The summed E-state index contributed by atoms with van der Waals surface area (Å²) in [6, 6.07) is 1.67. The Morgan fingerprint density at radius 1 is 1.45 bits per heavy atom. The zero-order valence-corrected chi connectivity index (χ0v) is 8.66. The molecule has 1 fully saturated rings. The van der Waals surface area contributed by atoms with Gasteiger partial charge in [0.2, 0.25) is 0 Å². The molecule has 1 aliphatic rings. The molecule has 0 aromatic carbocycles. The van der Waals surface area contributed by atoms with Crippen molar-refractivity contribution in [2.75, 3.05) is 18.1 Å². The summed E-state index contributed by atoms with van der Waals surface area (Å²) in [4.78, 5) is 2.64. The zero-order chi connectivity index (χ0) is 8.27. The van der Waals surface area contributed by atoms with Gasteiger partial charge in [-0.25, -0.2) is 0 Å². The zero-order valence-electron chi connectivity index (χ0n) is 7.84. The van der Waals surface area contributed by atoms with Gasteiger partial charge in [0, 0.05) is 23.6 Å². The third-order valence-corrected chi connectivity index (χ3v) is 3.85. The Kier molecular flexibility index (Phi) is 3.73. The van der Waals surface area contributed by atoms with Gasteiger partial charge < -0.3 is 0 Å². The molecule has 1 saturated heterocycles. The third-order valence-electron chi connectivity index (χ3n) is 2.61.